The Bertz CT molecular complexity index is 1090. The number of nitrogens with zero attached hydrogens (tertiary/aromatic N) is 4. The van der Waals surface area contributed by atoms with Gasteiger partial charge < -0.3 is 15.4 Å². The average molecular weight is 401 g/mol. The molecule has 2 fully saturated rings. The van der Waals surface area contributed by atoms with Gasteiger partial charge in [0, 0.05) is 24.2 Å². The normalized spacial score (nSPS) is 31.0. The molecular weight excluding hydrogens is 376 g/mol. The standard InChI is InChI=1S/C20H25ClN6O/c1-18(2)19(3)5-6-20(18,7-13(19)28)26-14-12(21)9-22-17-15(14)24-16(25-17)11-8-23-27(4)10-11/h8-10,13,28H,5-7H2,1-4H3,(H2,22,24,25,26)/t13?,19?,20-/m0/s1. The molecule has 8 heteroatoms. The molecule has 2 bridgehead atoms. The SMILES string of the molecule is Cn1cc(-c2nc3c(N[C@@]45CCC(C)(C(O)C4)C5(C)C)c(Cl)cnc3[nH]2)cn1. The Morgan fingerprint density at radius 1 is 1.29 bits per heavy atom. The number of fused-ring (bicyclic) bond motifs is 3. The summed E-state index contributed by atoms with van der Waals surface area (Å²) in [5.74, 6) is 0.709. The van der Waals surface area contributed by atoms with Crippen molar-refractivity contribution in [3.63, 3.8) is 0 Å². The lowest BCUT2D eigenvalue weighted by atomic mass is 9.68. The van der Waals surface area contributed by atoms with E-state index in [0.29, 0.717) is 28.4 Å². The van der Waals surface area contributed by atoms with Crippen molar-refractivity contribution in [1.82, 2.24) is 24.7 Å². The van der Waals surface area contributed by atoms with Crippen molar-refractivity contribution in [2.45, 2.75) is 51.7 Å². The molecule has 2 aliphatic carbocycles. The molecule has 0 aromatic carbocycles. The highest BCUT2D eigenvalue weighted by Crippen LogP contribution is 2.68. The van der Waals surface area contributed by atoms with Gasteiger partial charge >= 0.3 is 0 Å². The number of anilines is 1. The van der Waals surface area contributed by atoms with E-state index in [1.165, 1.54) is 0 Å². The van der Waals surface area contributed by atoms with Gasteiger partial charge in [0.2, 0.25) is 0 Å². The average Bonchev–Trinajstić information content (AvgIpc) is 3.33. The Labute approximate surface area is 168 Å². The maximum Gasteiger partial charge on any atom is 0.159 e. The minimum Gasteiger partial charge on any atom is -0.392 e. The molecule has 0 aliphatic heterocycles. The fourth-order valence-corrected chi connectivity index (χ4v) is 5.56. The van der Waals surface area contributed by atoms with Gasteiger partial charge in [0.1, 0.15) is 11.3 Å². The maximum atomic E-state index is 10.8. The summed E-state index contributed by atoms with van der Waals surface area (Å²) >= 11 is 6.58. The van der Waals surface area contributed by atoms with Crippen LogP contribution in [0.1, 0.15) is 40.0 Å². The molecule has 28 heavy (non-hydrogen) atoms. The van der Waals surface area contributed by atoms with E-state index in [1.54, 1.807) is 17.1 Å². The second-order valence-electron chi connectivity index (χ2n) is 9.14. The maximum absolute atomic E-state index is 10.8. The first kappa shape index (κ1) is 17.9. The Hall–Kier alpha value is -2.12. The summed E-state index contributed by atoms with van der Waals surface area (Å²) in [7, 11) is 1.87. The lowest BCUT2D eigenvalue weighted by Gasteiger charge is -2.42. The van der Waals surface area contributed by atoms with Crippen LogP contribution in [0.2, 0.25) is 5.02 Å². The fourth-order valence-electron chi connectivity index (χ4n) is 5.38. The summed E-state index contributed by atoms with van der Waals surface area (Å²) in [5.41, 5.74) is 2.65. The van der Waals surface area contributed by atoms with Gasteiger partial charge in [0.25, 0.3) is 0 Å². The van der Waals surface area contributed by atoms with Crippen molar-refractivity contribution in [3.8, 4) is 11.4 Å². The first-order valence-electron chi connectivity index (χ1n) is 9.66. The topological polar surface area (TPSA) is 91.6 Å². The third-order valence-electron chi connectivity index (χ3n) is 7.78. The highest BCUT2D eigenvalue weighted by molar-refractivity contribution is 6.34. The predicted octanol–water partition coefficient (Wildman–Crippen LogP) is 3.75. The van der Waals surface area contributed by atoms with Crippen molar-refractivity contribution in [2.75, 3.05) is 5.32 Å². The number of hydrogen-bond donors (Lipinski definition) is 3. The van der Waals surface area contributed by atoms with Crippen molar-refractivity contribution < 1.29 is 5.11 Å². The molecule has 0 saturated heterocycles. The zero-order valence-electron chi connectivity index (χ0n) is 16.5. The Morgan fingerprint density at radius 3 is 2.68 bits per heavy atom. The van der Waals surface area contributed by atoms with Crippen LogP contribution < -0.4 is 5.32 Å². The van der Waals surface area contributed by atoms with Crippen LogP contribution in [-0.4, -0.2) is 41.5 Å². The molecule has 3 aromatic rings. The number of rotatable bonds is 3. The predicted molar refractivity (Wildman–Crippen MR) is 109 cm³/mol. The van der Waals surface area contributed by atoms with Crippen LogP contribution in [0.25, 0.3) is 22.6 Å². The number of imidazole rings is 1. The molecule has 3 atom stereocenters. The molecule has 148 valence electrons. The van der Waals surface area contributed by atoms with Gasteiger partial charge in [-0.05, 0) is 24.7 Å². The number of hydrogen-bond acceptors (Lipinski definition) is 5. The molecule has 3 heterocycles. The third kappa shape index (κ3) is 2.12. The molecule has 3 aromatic heterocycles. The minimum atomic E-state index is -0.329. The minimum absolute atomic E-state index is 0.0825. The lowest BCUT2D eigenvalue weighted by molar-refractivity contribution is 0.0125. The Kier molecular flexibility index (Phi) is 3.51. The van der Waals surface area contributed by atoms with E-state index in [4.69, 9.17) is 16.6 Å². The van der Waals surface area contributed by atoms with E-state index in [-0.39, 0.29) is 22.5 Å². The molecule has 2 unspecified atom stereocenters. The van der Waals surface area contributed by atoms with Crippen molar-refractivity contribution in [1.29, 1.82) is 0 Å². The molecule has 0 amide bonds. The number of nitrogens with one attached hydrogen (secondary N) is 2. The number of aromatic nitrogens is 5. The van der Waals surface area contributed by atoms with Gasteiger partial charge in [-0.1, -0.05) is 32.4 Å². The summed E-state index contributed by atoms with van der Waals surface area (Å²) < 4.78 is 1.74. The molecule has 0 radical (unpaired) electrons. The van der Waals surface area contributed by atoms with Gasteiger partial charge in [0.15, 0.2) is 5.65 Å². The van der Waals surface area contributed by atoms with Crippen LogP contribution in [0.3, 0.4) is 0 Å². The molecule has 2 aliphatic rings. The van der Waals surface area contributed by atoms with Crippen molar-refractivity contribution >= 4 is 28.5 Å². The second-order valence-corrected chi connectivity index (χ2v) is 9.54. The van der Waals surface area contributed by atoms with E-state index in [2.05, 4.69) is 41.2 Å². The first-order chi connectivity index (χ1) is 13.2. The van der Waals surface area contributed by atoms with Crippen LogP contribution in [0.15, 0.2) is 18.6 Å². The number of pyridine rings is 1. The summed E-state index contributed by atoms with van der Waals surface area (Å²) in [5, 5.41) is 19.3. The number of aliphatic hydroxyl groups is 1. The summed E-state index contributed by atoms with van der Waals surface area (Å²) in [4.78, 5) is 12.5. The number of H-pyrrole nitrogens is 1. The van der Waals surface area contributed by atoms with Crippen LogP contribution in [0.4, 0.5) is 5.69 Å². The Balaban J connectivity index is 1.62. The molecule has 3 N–H and O–H groups in total. The monoisotopic (exact) mass is 400 g/mol. The highest BCUT2D eigenvalue weighted by atomic mass is 35.5. The summed E-state index contributed by atoms with van der Waals surface area (Å²) in [6.45, 7) is 6.70. The zero-order chi connectivity index (χ0) is 19.9. The molecule has 7 nitrogen and oxygen atoms in total. The number of halogens is 1. The van der Waals surface area contributed by atoms with Crippen LogP contribution >= 0.6 is 11.6 Å². The van der Waals surface area contributed by atoms with Crippen molar-refractivity contribution in [3.05, 3.63) is 23.6 Å². The van der Waals surface area contributed by atoms with E-state index in [0.717, 1.165) is 24.1 Å². The molecule has 0 spiro atoms. The summed E-state index contributed by atoms with van der Waals surface area (Å²) in [6, 6.07) is 0. The van der Waals surface area contributed by atoms with E-state index in [9.17, 15) is 5.11 Å². The molecule has 5 rings (SSSR count). The van der Waals surface area contributed by atoms with Gasteiger partial charge in [0.05, 0.1) is 34.8 Å². The van der Waals surface area contributed by atoms with Crippen LogP contribution in [0.5, 0.6) is 0 Å². The lowest BCUT2D eigenvalue weighted by Crippen LogP contribution is -2.46. The highest BCUT2D eigenvalue weighted by Gasteiger charge is 2.69. The van der Waals surface area contributed by atoms with Gasteiger partial charge in [-0.2, -0.15) is 5.10 Å². The smallest absolute Gasteiger partial charge is 0.159 e. The zero-order valence-corrected chi connectivity index (χ0v) is 17.3. The fraction of sp³-hybridized carbons (Fsp3) is 0.550. The van der Waals surface area contributed by atoms with E-state index < -0.39 is 0 Å². The Morgan fingerprint density at radius 2 is 2.07 bits per heavy atom. The number of aliphatic hydroxyl groups excluding tert-OH is 1. The van der Waals surface area contributed by atoms with Crippen LogP contribution in [-0.2, 0) is 7.05 Å². The van der Waals surface area contributed by atoms with Gasteiger partial charge in [-0.15, -0.1) is 0 Å². The van der Waals surface area contributed by atoms with E-state index >= 15 is 0 Å². The summed E-state index contributed by atoms with van der Waals surface area (Å²) in [6.07, 6.45) is 7.69. The van der Waals surface area contributed by atoms with Crippen molar-refractivity contribution in [2.24, 2.45) is 17.9 Å². The number of aryl methyl sites for hydroxylation is 1. The molecule has 2 saturated carbocycles. The van der Waals surface area contributed by atoms with Gasteiger partial charge in [-0.25, -0.2) is 9.97 Å². The van der Waals surface area contributed by atoms with Gasteiger partial charge in [-0.3, -0.25) is 4.68 Å². The quantitative estimate of drug-likeness (QED) is 0.622. The third-order valence-corrected chi connectivity index (χ3v) is 8.07. The largest absolute Gasteiger partial charge is 0.392 e. The molecular formula is C20H25ClN6O. The number of aromatic amines is 1. The first-order valence-corrected chi connectivity index (χ1v) is 10.0. The second kappa shape index (κ2) is 5.48. The van der Waals surface area contributed by atoms with E-state index in [1.807, 2.05) is 13.2 Å². The van der Waals surface area contributed by atoms with Crippen LogP contribution in [0, 0.1) is 10.8 Å².